The molecule has 0 bridgehead atoms. The van der Waals surface area contributed by atoms with Gasteiger partial charge in [0.15, 0.2) is 0 Å². The maximum absolute atomic E-state index is 12.3. The van der Waals surface area contributed by atoms with Crippen LogP contribution in [0.15, 0.2) is 22.7 Å². The largest absolute Gasteiger partial charge is 0.337 e. The standard InChI is InChI=1S/C13H17BrN2O.ClH/c1-9-5-10(7-11(14)6-9)13(17)16-4-2-3-12(15)8-16;/h5-7,12H,2-4,8,15H2,1H3;1H/t12-;/m1./s1. The summed E-state index contributed by atoms with van der Waals surface area (Å²) in [6.45, 7) is 3.48. The minimum Gasteiger partial charge on any atom is -0.337 e. The van der Waals surface area contributed by atoms with Crippen molar-refractivity contribution >= 4 is 34.2 Å². The summed E-state index contributed by atoms with van der Waals surface area (Å²) in [5.74, 6) is 0.0875. The highest BCUT2D eigenvalue weighted by Crippen LogP contribution is 2.18. The Morgan fingerprint density at radius 3 is 2.78 bits per heavy atom. The number of likely N-dealkylation sites (tertiary alicyclic amines) is 1. The number of carbonyl (C=O) groups is 1. The van der Waals surface area contributed by atoms with Gasteiger partial charge in [0.2, 0.25) is 0 Å². The Labute approximate surface area is 122 Å². The van der Waals surface area contributed by atoms with Gasteiger partial charge in [-0.15, -0.1) is 12.4 Å². The van der Waals surface area contributed by atoms with Crippen LogP contribution in [0.4, 0.5) is 0 Å². The van der Waals surface area contributed by atoms with E-state index in [2.05, 4.69) is 15.9 Å². The van der Waals surface area contributed by atoms with Crippen molar-refractivity contribution in [1.29, 1.82) is 0 Å². The lowest BCUT2D eigenvalue weighted by Gasteiger charge is -2.30. The van der Waals surface area contributed by atoms with E-state index >= 15 is 0 Å². The second kappa shape index (κ2) is 6.55. The first kappa shape index (κ1) is 15.5. The van der Waals surface area contributed by atoms with E-state index in [4.69, 9.17) is 5.73 Å². The zero-order valence-electron chi connectivity index (χ0n) is 10.4. The van der Waals surface area contributed by atoms with Crippen molar-refractivity contribution in [2.24, 2.45) is 5.73 Å². The molecule has 0 aliphatic carbocycles. The summed E-state index contributed by atoms with van der Waals surface area (Å²) >= 11 is 3.42. The maximum Gasteiger partial charge on any atom is 0.253 e. The van der Waals surface area contributed by atoms with E-state index < -0.39 is 0 Å². The molecule has 1 aliphatic rings. The smallest absolute Gasteiger partial charge is 0.253 e. The fourth-order valence-corrected chi connectivity index (χ4v) is 2.84. The molecule has 1 amide bonds. The second-order valence-corrected chi connectivity index (χ2v) is 5.59. The number of nitrogens with zero attached hydrogens (tertiary/aromatic N) is 1. The summed E-state index contributed by atoms with van der Waals surface area (Å²) in [5, 5.41) is 0. The predicted octanol–water partition coefficient (Wildman–Crippen LogP) is 2.74. The summed E-state index contributed by atoms with van der Waals surface area (Å²) in [6.07, 6.45) is 2.02. The minimum atomic E-state index is 0. The van der Waals surface area contributed by atoms with Gasteiger partial charge >= 0.3 is 0 Å². The topological polar surface area (TPSA) is 46.3 Å². The second-order valence-electron chi connectivity index (χ2n) is 4.67. The van der Waals surface area contributed by atoms with Crippen molar-refractivity contribution < 1.29 is 4.79 Å². The third-order valence-corrected chi connectivity index (χ3v) is 3.49. The number of rotatable bonds is 1. The molecule has 2 rings (SSSR count). The molecule has 1 aromatic rings. The van der Waals surface area contributed by atoms with Gasteiger partial charge in [-0.1, -0.05) is 15.9 Å². The number of amides is 1. The molecular formula is C13H18BrClN2O. The van der Waals surface area contributed by atoms with Crippen molar-refractivity contribution in [2.75, 3.05) is 13.1 Å². The Hall–Kier alpha value is -0.580. The van der Waals surface area contributed by atoms with Crippen molar-refractivity contribution in [2.45, 2.75) is 25.8 Å². The van der Waals surface area contributed by atoms with Crippen LogP contribution in [0.3, 0.4) is 0 Å². The minimum absolute atomic E-state index is 0. The Morgan fingerprint density at radius 2 is 2.17 bits per heavy atom. The molecule has 100 valence electrons. The van der Waals surface area contributed by atoms with Gasteiger partial charge in [-0.05, 0) is 43.5 Å². The first-order chi connectivity index (χ1) is 8.06. The van der Waals surface area contributed by atoms with Gasteiger partial charge < -0.3 is 10.6 Å². The molecule has 5 heteroatoms. The van der Waals surface area contributed by atoms with E-state index in [1.165, 1.54) is 0 Å². The summed E-state index contributed by atoms with van der Waals surface area (Å²) < 4.78 is 0.946. The Bertz CT molecular complexity index is 419. The summed E-state index contributed by atoms with van der Waals surface area (Å²) in [7, 11) is 0. The first-order valence-electron chi connectivity index (χ1n) is 5.88. The number of hydrogen-bond donors (Lipinski definition) is 1. The SMILES string of the molecule is Cc1cc(Br)cc(C(=O)N2CCC[C@@H](N)C2)c1.Cl. The van der Waals surface area contributed by atoms with E-state index in [0.29, 0.717) is 6.54 Å². The van der Waals surface area contributed by atoms with E-state index in [1.807, 2.05) is 30.0 Å². The van der Waals surface area contributed by atoms with Gasteiger partial charge in [0.05, 0.1) is 0 Å². The zero-order valence-corrected chi connectivity index (χ0v) is 12.8. The van der Waals surface area contributed by atoms with Crippen molar-refractivity contribution in [3.63, 3.8) is 0 Å². The van der Waals surface area contributed by atoms with Crippen molar-refractivity contribution in [3.8, 4) is 0 Å². The quantitative estimate of drug-likeness (QED) is 0.859. The fraction of sp³-hybridized carbons (Fsp3) is 0.462. The average Bonchev–Trinajstić information content (AvgIpc) is 2.26. The maximum atomic E-state index is 12.3. The Morgan fingerprint density at radius 1 is 1.44 bits per heavy atom. The lowest BCUT2D eigenvalue weighted by Crippen LogP contribution is -2.45. The van der Waals surface area contributed by atoms with Gasteiger partial charge in [0, 0.05) is 29.2 Å². The molecule has 3 nitrogen and oxygen atoms in total. The van der Waals surface area contributed by atoms with Crippen LogP contribution in [-0.4, -0.2) is 29.9 Å². The fourth-order valence-electron chi connectivity index (χ4n) is 2.24. The van der Waals surface area contributed by atoms with E-state index in [9.17, 15) is 4.79 Å². The van der Waals surface area contributed by atoms with Gasteiger partial charge in [-0.3, -0.25) is 4.79 Å². The normalized spacial score (nSPS) is 19.3. The van der Waals surface area contributed by atoms with Crippen LogP contribution in [0.1, 0.15) is 28.8 Å². The molecule has 2 N–H and O–H groups in total. The van der Waals surface area contributed by atoms with Crippen LogP contribution in [-0.2, 0) is 0 Å². The van der Waals surface area contributed by atoms with Crippen LogP contribution in [0, 0.1) is 6.92 Å². The molecule has 1 fully saturated rings. The molecule has 1 aromatic carbocycles. The van der Waals surface area contributed by atoms with E-state index in [1.54, 1.807) is 0 Å². The molecule has 0 unspecified atom stereocenters. The lowest BCUT2D eigenvalue weighted by molar-refractivity contribution is 0.0708. The third-order valence-electron chi connectivity index (χ3n) is 3.03. The number of hydrogen-bond acceptors (Lipinski definition) is 2. The summed E-state index contributed by atoms with van der Waals surface area (Å²) in [6, 6.07) is 5.92. The van der Waals surface area contributed by atoms with Gasteiger partial charge in [-0.2, -0.15) is 0 Å². The molecule has 1 saturated heterocycles. The summed E-state index contributed by atoms with van der Waals surface area (Å²) in [5.41, 5.74) is 7.73. The van der Waals surface area contributed by atoms with Gasteiger partial charge in [0.25, 0.3) is 5.91 Å². The molecule has 1 heterocycles. The molecule has 1 aliphatic heterocycles. The number of piperidine rings is 1. The van der Waals surface area contributed by atoms with Crippen molar-refractivity contribution in [3.05, 3.63) is 33.8 Å². The van der Waals surface area contributed by atoms with Gasteiger partial charge in [0.1, 0.15) is 0 Å². The first-order valence-corrected chi connectivity index (χ1v) is 6.67. The highest BCUT2D eigenvalue weighted by Gasteiger charge is 2.22. The Kier molecular flexibility index (Phi) is 5.63. The number of benzene rings is 1. The zero-order chi connectivity index (χ0) is 12.4. The Balaban J connectivity index is 0.00000162. The highest BCUT2D eigenvalue weighted by molar-refractivity contribution is 9.10. The summed E-state index contributed by atoms with van der Waals surface area (Å²) in [4.78, 5) is 14.2. The molecule has 0 radical (unpaired) electrons. The van der Waals surface area contributed by atoms with Crippen LogP contribution < -0.4 is 5.73 Å². The van der Waals surface area contributed by atoms with Crippen molar-refractivity contribution in [1.82, 2.24) is 4.90 Å². The predicted molar refractivity (Wildman–Crippen MR) is 79.2 cm³/mol. The number of halogens is 2. The van der Waals surface area contributed by atoms with E-state index in [-0.39, 0.29) is 24.4 Å². The number of aryl methyl sites for hydroxylation is 1. The molecule has 0 saturated carbocycles. The number of nitrogens with two attached hydrogens (primary N) is 1. The molecule has 0 spiro atoms. The molecular weight excluding hydrogens is 316 g/mol. The van der Waals surface area contributed by atoms with E-state index in [0.717, 1.165) is 35.0 Å². The van der Waals surface area contributed by atoms with Crippen LogP contribution >= 0.6 is 28.3 Å². The molecule has 0 aromatic heterocycles. The van der Waals surface area contributed by atoms with Crippen LogP contribution in [0.5, 0.6) is 0 Å². The van der Waals surface area contributed by atoms with Crippen LogP contribution in [0.2, 0.25) is 0 Å². The van der Waals surface area contributed by atoms with Gasteiger partial charge in [-0.25, -0.2) is 0 Å². The monoisotopic (exact) mass is 332 g/mol. The number of carbonyl (C=O) groups excluding carboxylic acids is 1. The highest BCUT2D eigenvalue weighted by atomic mass is 79.9. The lowest BCUT2D eigenvalue weighted by atomic mass is 10.0. The average molecular weight is 334 g/mol. The third kappa shape index (κ3) is 3.70. The van der Waals surface area contributed by atoms with Crippen LogP contribution in [0.25, 0.3) is 0 Å². The molecule has 18 heavy (non-hydrogen) atoms. The molecule has 1 atom stereocenters.